The minimum absolute atomic E-state index is 0.0311. The highest BCUT2D eigenvalue weighted by molar-refractivity contribution is 6.01. The highest BCUT2D eigenvalue weighted by atomic mass is 16.4. The third kappa shape index (κ3) is 1.87. The van der Waals surface area contributed by atoms with Crippen LogP contribution in [-0.2, 0) is 9.59 Å². The van der Waals surface area contributed by atoms with Crippen molar-refractivity contribution in [1.29, 1.82) is 0 Å². The maximum Gasteiger partial charge on any atom is 0.309 e. The highest BCUT2D eigenvalue weighted by Crippen LogP contribution is 2.58. The molecule has 0 amide bonds. The summed E-state index contributed by atoms with van der Waals surface area (Å²) in [6.07, 6.45) is 9.99. The Hall–Kier alpha value is -1.38. The van der Waals surface area contributed by atoms with Crippen LogP contribution in [-0.4, -0.2) is 16.9 Å². The molecule has 2 saturated carbocycles. The van der Waals surface area contributed by atoms with Gasteiger partial charge < -0.3 is 5.11 Å². The Morgan fingerprint density at radius 2 is 2.10 bits per heavy atom. The van der Waals surface area contributed by atoms with Crippen LogP contribution in [0.25, 0.3) is 0 Å². The van der Waals surface area contributed by atoms with Gasteiger partial charge in [0, 0.05) is 5.41 Å². The molecular weight excluding hydrogens is 252 g/mol. The summed E-state index contributed by atoms with van der Waals surface area (Å²) in [7, 11) is 0. The molecule has 0 saturated heterocycles. The molecule has 4 atom stereocenters. The third-order valence-electron chi connectivity index (χ3n) is 5.96. The summed E-state index contributed by atoms with van der Waals surface area (Å²) in [6, 6.07) is 0. The second-order valence-electron chi connectivity index (χ2n) is 7.20. The van der Waals surface area contributed by atoms with Gasteiger partial charge in [0.1, 0.15) is 0 Å². The molecule has 3 heteroatoms. The van der Waals surface area contributed by atoms with E-state index in [0.717, 1.165) is 32.1 Å². The number of carbonyl (C=O) groups excluding carboxylic acids is 1. The zero-order valence-electron chi connectivity index (χ0n) is 12.2. The summed E-state index contributed by atoms with van der Waals surface area (Å²) >= 11 is 0. The highest BCUT2D eigenvalue weighted by Gasteiger charge is 2.51. The second kappa shape index (κ2) is 4.31. The van der Waals surface area contributed by atoms with Crippen LogP contribution in [0, 0.1) is 22.7 Å². The van der Waals surface area contributed by atoms with Gasteiger partial charge in [-0.05, 0) is 63.0 Å². The second-order valence-corrected chi connectivity index (χ2v) is 7.20. The molecule has 3 nitrogen and oxygen atoms in total. The van der Waals surface area contributed by atoms with E-state index < -0.39 is 11.4 Å². The monoisotopic (exact) mass is 274 g/mol. The molecular formula is C17H22O3. The Morgan fingerprint density at radius 3 is 2.80 bits per heavy atom. The lowest BCUT2D eigenvalue weighted by atomic mass is 9.51. The Labute approximate surface area is 119 Å². The third-order valence-corrected chi connectivity index (χ3v) is 5.96. The number of ketones is 1. The van der Waals surface area contributed by atoms with Crippen LogP contribution in [0.1, 0.15) is 46.0 Å². The largest absolute Gasteiger partial charge is 0.481 e. The number of fused-ring (bicyclic) bond motifs is 3. The van der Waals surface area contributed by atoms with Crippen LogP contribution >= 0.6 is 0 Å². The van der Waals surface area contributed by atoms with Gasteiger partial charge in [-0.15, -0.1) is 0 Å². The van der Waals surface area contributed by atoms with Crippen LogP contribution in [0.2, 0.25) is 0 Å². The standard InChI is InChI=1S/C17H22O3/c1-16(15(19)20)7-6-14-11(10-16)3-4-12-9-13(18)5-8-17(12,14)2/h5,8-9,11,14H,3-4,6-7,10H2,1-2H3,(H,19,20)/t11?,14?,16-,17?/m0/s1. The molecule has 0 bridgehead atoms. The summed E-state index contributed by atoms with van der Waals surface area (Å²) in [6.45, 7) is 4.11. The number of aliphatic carboxylic acids is 1. The van der Waals surface area contributed by atoms with Gasteiger partial charge >= 0.3 is 5.97 Å². The maximum absolute atomic E-state index is 11.6. The zero-order chi connectivity index (χ0) is 14.5. The molecule has 0 spiro atoms. The molecule has 0 aromatic heterocycles. The summed E-state index contributed by atoms with van der Waals surface area (Å²) in [4.78, 5) is 23.1. The van der Waals surface area contributed by atoms with Gasteiger partial charge in [0.15, 0.2) is 5.78 Å². The number of allylic oxidation sites excluding steroid dienone is 4. The first-order chi connectivity index (χ1) is 9.35. The van der Waals surface area contributed by atoms with E-state index in [1.165, 1.54) is 5.57 Å². The Balaban J connectivity index is 1.90. The molecule has 20 heavy (non-hydrogen) atoms. The lowest BCUT2D eigenvalue weighted by molar-refractivity contribution is -0.153. The molecule has 1 N–H and O–H groups in total. The van der Waals surface area contributed by atoms with Crippen molar-refractivity contribution in [2.24, 2.45) is 22.7 Å². The predicted octanol–water partition coefficient (Wildman–Crippen LogP) is 3.36. The fourth-order valence-corrected chi connectivity index (χ4v) is 4.60. The van der Waals surface area contributed by atoms with Crippen LogP contribution in [0.4, 0.5) is 0 Å². The fraction of sp³-hybridized carbons (Fsp3) is 0.647. The van der Waals surface area contributed by atoms with E-state index in [9.17, 15) is 14.7 Å². The van der Waals surface area contributed by atoms with Crippen LogP contribution in [0.5, 0.6) is 0 Å². The summed E-state index contributed by atoms with van der Waals surface area (Å²) < 4.78 is 0. The van der Waals surface area contributed by atoms with Crippen LogP contribution in [0.15, 0.2) is 23.8 Å². The number of hydrogen-bond donors (Lipinski definition) is 1. The first kappa shape index (κ1) is 13.6. The fourth-order valence-electron chi connectivity index (χ4n) is 4.60. The van der Waals surface area contributed by atoms with Crippen molar-refractivity contribution in [3.05, 3.63) is 23.8 Å². The Morgan fingerprint density at radius 1 is 1.35 bits per heavy atom. The van der Waals surface area contributed by atoms with Gasteiger partial charge in [0.2, 0.25) is 0 Å². The van der Waals surface area contributed by atoms with E-state index in [-0.39, 0.29) is 11.2 Å². The van der Waals surface area contributed by atoms with E-state index in [1.807, 2.05) is 6.92 Å². The number of carbonyl (C=O) groups is 2. The number of carboxylic acid groups (broad SMARTS) is 1. The van der Waals surface area contributed by atoms with Gasteiger partial charge in [-0.3, -0.25) is 9.59 Å². The average Bonchev–Trinajstić information content (AvgIpc) is 2.39. The predicted molar refractivity (Wildman–Crippen MR) is 76.1 cm³/mol. The average molecular weight is 274 g/mol. The van der Waals surface area contributed by atoms with Crippen molar-refractivity contribution >= 4 is 11.8 Å². The summed E-state index contributed by atoms with van der Waals surface area (Å²) in [5.74, 6) is 0.392. The molecule has 3 aliphatic carbocycles. The van der Waals surface area contributed by atoms with E-state index in [0.29, 0.717) is 11.8 Å². The summed E-state index contributed by atoms with van der Waals surface area (Å²) in [5, 5.41) is 9.45. The number of hydrogen-bond acceptors (Lipinski definition) is 2. The van der Waals surface area contributed by atoms with E-state index in [2.05, 4.69) is 13.0 Å². The van der Waals surface area contributed by atoms with Crippen molar-refractivity contribution in [3.63, 3.8) is 0 Å². The van der Waals surface area contributed by atoms with Crippen LogP contribution in [0.3, 0.4) is 0 Å². The van der Waals surface area contributed by atoms with Crippen molar-refractivity contribution < 1.29 is 14.7 Å². The molecule has 3 rings (SSSR count). The van der Waals surface area contributed by atoms with Crippen molar-refractivity contribution in [2.75, 3.05) is 0 Å². The lowest BCUT2D eigenvalue weighted by Gasteiger charge is -2.52. The van der Waals surface area contributed by atoms with Gasteiger partial charge in [-0.2, -0.15) is 0 Å². The normalized spacial score (nSPS) is 43.5. The SMILES string of the molecule is CC12C=CC(=O)C=C1CCC1C[C@@](C)(C(=O)O)CCC12. The molecule has 0 aromatic rings. The van der Waals surface area contributed by atoms with E-state index in [1.54, 1.807) is 12.2 Å². The maximum atomic E-state index is 11.6. The molecule has 0 aromatic carbocycles. The molecule has 2 fully saturated rings. The first-order valence-electron chi connectivity index (χ1n) is 7.53. The first-order valence-corrected chi connectivity index (χ1v) is 7.53. The van der Waals surface area contributed by atoms with Crippen molar-refractivity contribution in [2.45, 2.75) is 46.0 Å². The van der Waals surface area contributed by atoms with Gasteiger partial charge in [0.05, 0.1) is 5.41 Å². The van der Waals surface area contributed by atoms with E-state index >= 15 is 0 Å². The minimum Gasteiger partial charge on any atom is -0.481 e. The molecule has 108 valence electrons. The van der Waals surface area contributed by atoms with Gasteiger partial charge in [0.25, 0.3) is 0 Å². The number of rotatable bonds is 1. The quantitative estimate of drug-likeness (QED) is 0.797. The topological polar surface area (TPSA) is 54.4 Å². The lowest BCUT2D eigenvalue weighted by Crippen LogP contribution is -2.46. The number of carboxylic acids is 1. The Kier molecular flexibility index (Phi) is 2.93. The van der Waals surface area contributed by atoms with Crippen LogP contribution < -0.4 is 0 Å². The van der Waals surface area contributed by atoms with E-state index in [4.69, 9.17) is 0 Å². The molecule has 0 radical (unpaired) electrons. The molecule has 3 unspecified atom stereocenters. The minimum atomic E-state index is -0.656. The smallest absolute Gasteiger partial charge is 0.309 e. The Bertz CT molecular complexity index is 530. The van der Waals surface area contributed by atoms with Crippen molar-refractivity contribution in [3.8, 4) is 0 Å². The molecule has 0 heterocycles. The molecule has 0 aliphatic heterocycles. The summed E-state index contributed by atoms with van der Waals surface area (Å²) in [5.41, 5.74) is 0.661. The van der Waals surface area contributed by atoms with Gasteiger partial charge in [-0.1, -0.05) is 18.6 Å². The van der Waals surface area contributed by atoms with Crippen molar-refractivity contribution in [1.82, 2.24) is 0 Å². The molecule has 3 aliphatic rings. The zero-order valence-corrected chi connectivity index (χ0v) is 12.2. The van der Waals surface area contributed by atoms with Gasteiger partial charge in [-0.25, -0.2) is 0 Å².